The van der Waals surface area contributed by atoms with Crippen molar-refractivity contribution >= 4 is 12.4 Å². The van der Waals surface area contributed by atoms with Crippen molar-refractivity contribution in [2.45, 2.75) is 36.9 Å². The molecule has 2 saturated heterocycles. The minimum absolute atomic E-state index is 0.314. The molecule has 34 heavy (non-hydrogen) atoms. The maximum absolute atomic E-state index is 6.46. The maximum atomic E-state index is 6.46. The molecule has 2 heterocycles. The molecule has 6 heteroatoms. The molecular formula is C28H28N2O4. The van der Waals surface area contributed by atoms with Crippen molar-refractivity contribution in [1.82, 2.24) is 0 Å². The van der Waals surface area contributed by atoms with Crippen LogP contribution < -0.4 is 0 Å². The van der Waals surface area contributed by atoms with Crippen molar-refractivity contribution in [3.05, 3.63) is 108 Å². The Hall–Kier alpha value is -3.16. The van der Waals surface area contributed by atoms with E-state index in [2.05, 4.69) is 0 Å². The lowest BCUT2D eigenvalue weighted by molar-refractivity contribution is -0.320. The van der Waals surface area contributed by atoms with Gasteiger partial charge in [0.15, 0.2) is 12.6 Å². The number of hydrogen-bond acceptors (Lipinski definition) is 6. The Morgan fingerprint density at radius 2 is 1.29 bits per heavy atom. The third-order valence-corrected chi connectivity index (χ3v) is 6.03. The van der Waals surface area contributed by atoms with Gasteiger partial charge in [0, 0.05) is 25.1 Å². The molecule has 3 aromatic carbocycles. The molecule has 1 unspecified atom stereocenters. The minimum Gasteiger partial charge on any atom is -0.354 e. The average Bonchev–Trinajstić information content (AvgIpc) is 2.91. The van der Waals surface area contributed by atoms with Crippen LogP contribution in [0.15, 0.2) is 101 Å². The Labute approximate surface area is 199 Å². The summed E-state index contributed by atoms with van der Waals surface area (Å²) in [6.07, 6.45) is 2.01. The number of aliphatic imine (C=N–C) groups is 2. The minimum atomic E-state index is -0.570. The van der Waals surface area contributed by atoms with Gasteiger partial charge in [0.05, 0.1) is 6.61 Å². The standard InChI is InChI=1S/C28H28N2O4/c1-31-28-25(30-18-21-13-7-3-8-14-21)24(29-17-20-11-5-2-6-12-20)26-23(33-28)19-32-27(34-26)22-15-9-4-10-16-22/h2-18,23-28H,19H2,1H3/t23-,24-,25+,26-,27?,28+/m1/s1. The molecule has 6 atom stereocenters. The van der Waals surface area contributed by atoms with E-state index in [-0.39, 0.29) is 24.3 Å². The first-order valence-electron chi connectivity index (χ1n) is 11.5. The quantitative estimate of drug-likeness (QED) is 0.515. The van der Waals surface area contributed by atoms with E-state index in [1.54, 1.807) is 7.11 Å². The van der Waals surface area contributed by atoms with Crippen LogP contribution in [0.2, 0.25) is 0 Å². The highest BCUT2D eigenvalue weighted by Gasteiger charge is 2.50. The highest BCUT2D eigenvalue weighted by atomic mass is 16.7. The lowest BCUT2D eigenvalue weighted by Gasteiger charge is -2.46. The molecule has 0 radical (unpaired) electrons. The topological polar surface area (TPSA) is 61.6 Å². The number of methoxy groups -OCH3 is 1. The Kier molecular flexibility index (Phi) is 7.22. The lowest BCUT2D eigenvalue weighted by Crippen LogP contribution is -2.61. The predicted molar refractivity (Wildman–Crippen MR) is 131 cm³/mol. The number of rotatable bonds is 6. The van der Waals surface area contributed by atoms with E-state index in [9.17, 15) is 0 Å². The molecule has 0 bridgehead atoms. The second kappa shape index (κ2) is 10.8. The smallest absolute Gasteiger partial charge is 0.184 e. The molecule has 3 aromatic rings. The molecule has 2 aliphatic rings. The highest BCUT2D eigenvalue weighted by Crippen LogP contribution is 2.36. The van der Waals surface area contributed by atoms with E-state index in [1.807, 2.05) is 103 Å². The van der Waals surface area contributed by atoms with Crippen LogP contribution in [0, 0.1) is 0 Å². The molecule has 0 aliphatic carbocycles. The summed E-state index contributed by atoms with van der Waals surface area (Å²) in [6, 6.07) is 29.2. The third kappa shape index (κ3) is 5.16. The van der Waals surface area contributed by atoms with E-state index < -0.39 is 12.6 Å². The molecule has 174 valence electrons. The summed E-state index contributed by atoms with van der Waals surface area (Å²) < 4.78 is 24.4. The molecule has 0 aromatic heterocycles. The zero-order chi connectivity index (χ0) is 23.2. The summed E-state index contributed by atoms with van der Waals surface area (Å²) in [5.41, 5.74) is 2.97. The molecule has 0 N–H and O–H groups in total. The van der Waals surface area contributed by atoms with E-state index >= 15 is 0 Å². The van der Waals surface area contributed by atoms with E-state index in [0.717, 1.165) is 16.7 Å². The van der Waals surface area contributed by atoms with Gasteiger partial charge in [-0.1, -0.05) is 91.0 Å². The summed E-state index contributed by atoms with van der Waals surface area (Å²) in [5, 5.41) is 0. The molecular weight excluding hydrogens is 428 g/mol. The normalized spacial score (nSPS) is 29.3. The summed E-state index contributed by atoms with van der Waals surface area (Å²) in [5.74, 6) is 0. The van der Waals surface area contributed by atoms with Gasteiger partial charge in [-0.05, 0) is 11.1 Å². The van der Waals surface area contributed by atoms with Gasteiger partial charge < -0.3 is 18.9 Å². The van der Waals surface area contributed by atoms with Crippen LogP contribution in [0.5, 0.6) is 0 Å². The molecule has 6 nitrogen and oxygen atoms in total. The van der Waals surface area contributed by atoms with Crippen molar-refractivity contribution in [2.24, 2.45) is 9.98 Å². The number of nitrogens with zero attached hydrogens (tertiary/aromatic N) is 2. The van der Waals surface area contributed by atoms with Crippen molar-refractivity contribution in [2.75, 3.05) is 13.7 Å². The van der Waals surface area contributed by atoms with Gasteiger partial charge in [-0.15, -0.1) is 0 Å². The van der Waals surface area contributed by atoms with Gasteiger partial charge in [0.2, 0.25) is 0 Å². The van der Waals surface area contributed by atoms with Crippen LogP contribution >= 0.6 is 0 Å². The largest absolute Gasteiger partial charge is 0.354 e. The fourth-order valence-electron chi connectivity index (χ4n) is 4.31. The highest BCUT2D eigenvalue weighted by molar-refractivity contribution is 5.80. The second-order valence-corrected chi connectivity index (χ2v) is 8.31. The van der Waals surface area contributed by atoms with Crippen molar-refractivity contribution in [3.8, 4) is 0 Å². The molecule has 0 saturated carbocycles. The predicted octanol–water partition coefficient (Wildman–Crippen LogP) is 4.45. The first-order valence-corrected chi connectivity index (χ1v) is 11.5. The molecule has 0 spiro atoms. The van der Waals surface area contributed by atoms with Crippen LogP contribution in [-0.4, -0.2) is 56.7 Å². The summed E-state index contributed by atoms with van der Waals surface area (Å²) >= 11 is 0. The van der Waals surface area contributed by atoms with E-state index in [0.29, 0.717) is 6.61 Å². The molecule has 5 rings (SSSR count). The van der Waals surface area contributed by atoms with Crippen LogP contribution in [0.1, 0.15) is 23.0 Å². The van der Waals surface area contributed by atoms with Crippen LogP contribution in [0.4, 0.5) is 0 Å². The number of fused-ring (bicyclic) bond motifs is 1. The van der Waals surface area contributed by atoms with Gasteiger partial charge in [-0.25, -0.2) is 0 Å². The fourth-order valence-corrected chi connectivity index (χ4v) is 4.31. The van der Waals surface area contributed by atoms with Gasteiger partial charge >= 0.3 is 0 Å². The van der Waals surface area contributed by atoms with Crippen molar-refractivity contribution in [3.63, 3.8) is 0 Å². The Morgan fingerprint density at radius 1 is 0.735 bits per heavy atom. The summed E-state index contributed by atoms with van der Waals surface area (Å²) in [7, 11) is 1.63. The molecule has 2 fully saturated rings. The van der Waals surface area contributed by atoms with Crippen LogP contribution in [-0.2, 0) is 18.9 Å². The monoisotopic (exact) mass is 456 g/mol. The molecule has 2 aliphatic heterocycles. The van der Waals surface area contributed by atoms with Gasteiger partial charge in [0.1, 0.15) is 24.3 Å². The zero-order valence-electron chi connectivity index (χ0n) is 19.0. The number of ether oxygens (including phenoxy) is 4. The van der Waals surface area contributed by atoms with E-state index in [1.165, 1.54) is 0 Å². The van der Waals surface area contributed by atoms with Crippen LogP contribution in [0.3, 0.4) is 0 Å². The number of benzene rings is 3. The first-order chi connectivity index (χ1) is 16.8. The summed E-state index contributed by atoms with van der Waals surface area (Å²) in [6.45, 7) is 0.385. The van der Waals surface area contributed by atoms with Crippen molar-refractivity contribution < 1.29 is 18.9 Å². The summed E-state index contributed by atoms with van der Waals surface area (Å²) in [4.78, 5) is 9.86. The average molecular weight is 457 g/mol. The van der Waals surface area contributed by atoms with E-state index in [4.69, 9.17) is 28.9 Å². The Bertz CT molecular complexity index is 1090. The third-order valence-electron chi connectivity index (χ3n) is 6.03. The van der Waals surface area contributed by atoms with Gasteiger partial charge in [0.25, 0.3) is 0 Å². The van der Waals surface area contributed by atoms with Crippen molar-refractivity contribution in [1.29, 1.82) is 0 Å². The van der Waals surface area contributed by atoms with Gasteiger partial charge in [-0.3, -0.25) is 9.98 Å². The number of hydrogen-bond donors (Lipinski definition) is 0. The fraction of sp³-hybridized carbons (Fsp3) is 0.286. The zero-order valence-corrected chi connectivity index (χ0v) is 19.0. The van der Waals surface area contributed by atoms with Crippen LogP contribution in [0.25, 0.3) is 0 Å². The Morgan fingerprint density at radius 3 is 1.88 bits per heavy atom. The first kappa shape index (κ1) is 22.6. The maximum Gasteiger partial charge on any atom is 0.184 e. The van der Waals surface area contributed by atoms with Gasteiger partial charge in [-0.2, -0.15) is 0 Å². The second-order valence-electron chi connectivity index (χ2n) is 8.31. The SMILES string of the molecule is CO[C@H]1O[C@@H]2COC(c3ccccc3)O[C@H]2[C@H](N=Cc2ccccc2)[C@@H]1N=Cc1ccccc1. The Balaban J connectivity index is 1.47. The lowest BCUT2D eigenvalue weighted by atomic mass is 9.93. The molecule has 0 amide bonds.